The fourth-order valence-corrected chi connectivity index (χ4v) is 5.04. The molecule has 1 aromatic rings. The highest BCUT2D eigenvalue weighted by Crippen LogP contribution is 2.46. The molecular formula is C19H25BrN2O2. The van der Waals surface area contributed by atoms with Gasteiger partial charge in [0.05, 0.1) is 6.04 Å². The highest BCUT2D eigenvalue weighted by Gasteiger charge is 2.41. The fourth-order valence-electron chi connectivity index (χ4n) is 4.63. The van der Waals surface area contributed by atoms with Crippen molar-refractivity contribution in [1.29, 1.82) is 0 Å². The van der Waals surface area contributed by atoms with Crippen LogP contribution >= 0.6 is 15.9 Å². The standard InChI is InChI=1S/C19H25BrN2O2/c1-19(2)10-13-9-14(20)3-4-15(13)17(19)21-18(23)24-16-11-22-7-5-12(16)6-8-22/h3-4,9,12,16-17H,5-8,10-11H2,1-2H3,(H,21,23)/t16-,17?/m1/s1. The van der Waals surface area contributed by atoms with Gasteiger partial charge in [-0.2, -0.15) is 0 Å². The van der Waals surface area contributed by atoms with Gasteiger partial charge in [-0.3, -0.25) is 4.90 Å². The molecule has 1 aromatic carbocycles. The van der Waals surface area contributed by atoms with E-state index in [2.05, 4.69) is 52.1 Å². The lowest BCUT2D eigenvalue weighted by Gasteiger charge is -2.44. The Balaban J connectivity index is 1.45. The lowest BCUT2D eigenvalue weighted by atomic mass is 9.85. The normalized spacial score (nSPS) is 33.1. The molecule has 4 aliphatic rings. The van der Waals surface area contributed by atoms with Crippen LogP contribution in [0.5, 0.6) is 0 Å². The number of nitrogens with zero attached hydrogens (tertiary/aromatic N) is 1. The van der Waals surface area contributed by atoms with Crippen LogP contribution in [-0.4, -0.2) is 36.7 Å². The molecule has 0 radical (unpaired) electrons. The molecular weight excluding hydrogens is 368 g/mol. The van der Waals surface area contributed by atoms with Gasteiger partial charge in [0.15, 0.2) is 0 Å². The number of alkyl carbamates (subject to hydrolysis) is 1. The zero-order chi connectivity index (χ0) is 16.9. The number of hydrogen-bond acceptors (Lipinski definition) is 3. The Labute approximate surface area is 152 Å². The zero-order valence-corrected chi connectivity index (χ0v) is 15.9. The largest absolute Gasteiger partial charge is 0.445 e. The molecule has 3 fully saturated rings. The topological polar surface area (TPSA) is 41.6 Å². The number of nitrogens with one attached hydrogen (secondary N) is 1. The van der Waals surface area contributed by atoms with Gasteiger partial charge in [-0.05, 0) is 66.9 Å². The van der Waals surface area contributed by atoms with Crippen molar-refractivity contribution in [3.63, 3.8) is 0 Å². The number of fused-ring (bicyclic) bond motifs is 4. The van der Waals surface area contributed by atoms with Crippen molar-refractivity contribution in [3.8, 4) is 0 Å². The number of amides is 1. The van der Waals surface area contributed by atoms with Gasteiger partial charge >= 0.3 is 6.09 Å². The van der Waals surface area contributed by atoms with Gasteiger partial charge in [0.2, 0.25) is 0 Å². The fraction of sp³-hybridized carbons (Fsp3) is 0.632. The number of ether oxygens (including phenoxy) is 1. The molecule has 4 nitrogen and oxygen atoms in total. The summed E-state index contributed by atoms with van der Waals surface area (Å²) >= 11 is 3.54. The first-order valence-corrected chi connectivity index (χ1v) is 9.69. The van der Waals surface area contributed by atoms with Gasteiger partial charge in [0.25, 0.3) is 0 Å². The molecule has 0 spiro atoms. The van der Waals surface area contributed by atoms with Crippen LogP contribution in [0.15, 0.2) is 22.7 Å². The van der Waals surface area contributed by atoms with E-state index in [0.29, 0.717) is 5.92 Å². The molecule has 24 heavy (non-hydrogen) atoms. The molecule has 1 unspecified atom stereocenters. The highest BCUT2D eigenvalue weighted by molar-refractivity contribution is 9.10. The number of benzene rings is 1. The molecule has 3 saturated heterocycles. The average Bonchev–Trinajstić information content (AvgIpc) is 2.78. The number of hydrogen-bond donors (Lipinski definition) is 1. The first-order chi connectivity index (χ1) is 11.4. The SMILES string of the molecule is CC1(C)Cc2cc(Br)ccc2C1NC(=O)O[C@@H]1CN2CCC1CC2. The maximum Gasteiger partial charge on any atom is 0.407 e. The van der Waals surface area contributed by atoms with Crippen LogP contribution in [-0.2, 0) is 11.2 Å². The highest BCUT2D eigenvalue weighted by atomic mass is 79.9. The maximum atomic E-state index is 12.5. The summed E-state index contributed by atoms with van der Waals surface area (Å²) in [5.41, 5.74) is 2.52. The first-order valence-electron chi connectivity index (χ1n) is 8.90. The summed E-state index contributed by atoms with van der Waals surface area (Å²) in [4.78, 5) is 15.0. The van der Waals surface area contributed by atoms with E-state index in [-0.39, 0.29) is 23.7 Å². The number of carbonyl (C=O) groups is 1. The van der Waals surface area contributed by atoms with Crippen LogP contribution in [0, 0.1) is 11.3 Å². The van der Waals surface area contributed by atoms with Crippen molar-refractivity contribution in [2.75, 3.05) is 19.6 Å². The third-order valence-electron chi connectivity index (χ3n) is 5.96. The molecule has 2 bridgehead atoms. The maximum absolute atomic E-state index is 12.5. The molecule has 1 N–H and O–H groups in total. The number of carbonyl (C=O) groups excluding carboxylic acids is 1. The van der Waals surface area contributed by atoms with Gasteiger partial charge in [-0.1, -0.05) is 35.8 Å². The van der Waals surface area contributed by atoms with Crippen LogP contribution in [0.4, 0.5) is 4.79 Å². The minimum absolute atomic E-state index is 0.00276. The van der Waals surface area contributed by atoms with Gasteiger partial charge in [-0.25, -0.2) is 4.79 Å². The third-order valence-corrected chi connectivity index (χ3v) is 6.45. The lowest BCUT2D eigenvalue weighted by Crippen LogP contribution is -2.53. The van der Waals surface area contributed by atoms with Crippen molar-refractivity contribution < 1.29 is 9.53 Å². The van der Waals surface area contributed by atoms with Gasteiger partial charge < -0.3 is 10.1 Å². The second kappa shape index (κ2) is 6.03. The predicted molar refractivity (Wildman–Crippen MR) is 96.9 cm³/mol. The summed E-state index contributed by atoms with van der Waals surface area (Å²) in [7, 11) is 0. The smallest absolute Gasteiger partial charge is 0.407 e. The molecule has 5 heteroatoms. The Morgan fingerprint density at radius 2 is 2.08 bits per heavy atom. The second-order valence-electron chi connectivity index (χ2n) is 8.17. The third kappa shape index (κ3) is 2.97. The quantitative estimate of drug-likeness (QED) is 0.829. The van der Waals surface area contributed by atoms with E-state index in [1.165, 1.54) is 11.1 Å². The molecule has 5 rings (SSSR count). The molecule has 1 amide bonds. The minimum atomic E-state index is -0.261. The van der Waals surface area contributed by atoms with E-state index in [1.54, 1.807) is 0 Å². The van der Waals surface area contributed by atoms with E-state index < -0.39 is 0 Å². The Bertz CT molecular complexity index is 653. The Kier molecular flexibility index (Phi) is 4.12. The summed E-state index contributed by atoms with van der Waals surface area (Å²) in [6.45, 7) is 7.63. The van der Waals surface area contributed by atoms with Crippen LogP contribution in [0.1, 0.15) is 43.9 Å². The van der Waals surface area contributed by atoms with Gasteiger partial charge in [0.1, 0.15) is 6.10 Å². The van der Waals surface area contributed by atoms with E-state index in [0.717, 1.165) is 43.4 Å². The van der Waals surface area contributed by atoms with Gasteiger partial charge in [0, 0.05) is 11.0 Å². The molecule has 3 aliphatic heterocycles. The Hall–Kier alpha value is -1.07. The van der Waals surface area contributed by atoms with Crippen LogP contribution in [0.25, 0.3) is 0 Å². The van der Waals surface area contributed by atoms with E-state index in [1.807, 2.05) is 6.07 Å². The molecule has 0 aromatic heterocycles. The minimum Gasteiger partial charge on any atom is -0.445 e. The predicted octanol–water partition coefficient (Wildman–Crippen LogP) is 3.89. The van der Waals surface area contributed by atoms with Crippen LogP contribution in [0.2, 0.25) is 0 Å². The van der Waals surface area contributed by atoms with Crippen molar-refractivity contribution in [2.45, 2.75) is 45.3 Å². The average molecular weight is 393 g/mol. The zero-order valence-electron chi connectivity index (χ0n) is 14.3. The van der Waals surface area contributed by atoms with Crippen LogP contribution < -0.4 is 5.32 Å². The summed E-state index contributed by atoms with van der Waals surface area (Å²) in [6.07, 6.45) is 3.07. The van der Waals surface area contributed by atoms with Crippen molar-refractivity contribution in [3.05, 3.63) is 33.8 Å². The van der Waals surface area contributed by atoms with E-state index in [4.69, 9.17) is 4.74 Å². The van der Waals surface area contributed by atoms with E-state index >= 15 is 0 Å². The second-order valence-corrected chi connectivity index (χ2v) is 9.08. The summed E-state index contributed by atoms with van der Waals surface area (Å²) in [5.74, 6) is 0.542. The van der Waals surface area contributed by atoms with Crippen molar-refractivity contribution in [2.24, 2.45) is 11.3 Å². The van der Waals surface area contributed by atoms with Crippen molar-refractivity contribution >= 4 is 22.0 Å². The van der Waals surface area contributed by atoms with Crippen LogP contribution in [0.3, 0.4) is 0 Å². The first kappa shape index (κ1) is 16.4. The number of piperidine rings is 3. The molecule has 1 aliphatic carbocycles. The van der Waals surface area contributed by atoms with Crippen molar-refractivity contribution in [1.82, 2.24) is 10.2 Å². The van der Waals surface area contributed by atoms with Gasteiger partial charge in [-0.15, -0.1) is 0 Å². The number of halogens is 1. The number of rotatable bonds is 2. The Morgan fingerprint density at radius 3 is 2.75 bits per heavy atom. The Morgan fingerprint density at radius 1 is 1.33 bits per heavy atom. The lowest BCUT2D eigenvalue weighted by molar-refractivity contribution is -0.0348. The summed E-state index contributed by atoms with van der Waals surface area (Å²) < 4.78 is 6.91. The monoisotopic (exact) mass is 392 g/mol. The molecule has 0 saturated carbocycles. The summed E-state index contributed by atoms with van der Waals surface area (Å²) in [5, 5.41) is 3.16. The summed E-state index contributed by atoms with van der Waals surface area (Å²) in [6, 6.07) is 6.34. The molecule has 2 atom stereocenters. The van der Waals surface area contributed by atoms with E-state index in [9.17, 15) is 4.79 Å². The molecule has 3 heterocycles. The molecule has 130 valence electrons.